The summed E-state index contributed by atoms with van der Waals surface area (Å²) in [7, 11) is 0. The van der Waals surface area contributed by atoms with Gasteiger partial charge in [-0.2, -0.15) is 0 Å². The maximum atomic E-state index is 13.5. The molecular weight excluding hydrogens is 391 g/mol. The lowest BCUT2D eigenvalue weighted by Gasteiger charge is -2.22. The summed E-state index contributed by atoms with van der Waals surface area (Å²) in [6.45, 7) is 3.33. The van der Waals surface area contributed by atoms with E-state index in [1.807, 2.05) is 30.3 Å². The van der Waals surface area contributed by atoms with E-state index in [1.54, 1.807) is 19.9 Å². The van der Waals surface area contributed by atoms with E-state index < -0.39 is 36.3 Å². The highest BCUT2D eigenvalue weighted by Crippen LogP contribution is 2.14. The summed E-state index contributed by atoms with van der Waals surface area (Å²) in [5.74, 6) is -2.18. The first-order valence-corrected chi connectivity index (χ1v) is 9.41. The average molecular weight is 416 g/mol. The highest BCUT2D eigenvalue weighted by molar-refractivity contribution is 5.89. The Balaban J connectivity index is 1.77. The molecule has 2 aromatic rings. The van der Waals surface area contributed by atoms with Crippen molar-refractivity contribution in [1.29, 1.82) is 0 Å². The molecule has 0 spiro atoms. The molecular formula is C21H25FN4O4. The molecule has 30 heavy (non-hydrogen) atoms. The molecule has 0 fully saturated rings. The Morgan fingerprint density at radius 3 is 2.30 bits per heavy atom. The van der Waals surface area contributed by atoms with E-state index in [9.17, 15) is 18.8 Å². The van der Waals surface area contributed by atoms with Crippen molar-refractivity contribution in [3.8, 4) is 5.75 Å². The third-order valence-corrected chi connectivity index (χ3v) is 4.05. The molecule has 0 saturated heterocycles. The van der Waals surface area contributed by atoms with Crippen LogP contribution in [0.5, 0.6) is 5.75 Å². The molecule has 0 aliphatic rings. The normalized spacial score (nSPS) is 11.3. The molecule has 0 aliphatic heterocycles. The number of ether oxygens (including phenoxy) is 1. The van der Waals surface area contributed by atoms with Crippen molar-refractivity contribution in [2.45, 2.75) is 26.4 Å². The largest absolute Gasteiger partial charge is 0.481 e. The Hall–Kier alpha value is -3.62. The molecule has 2 rings (SSSR count). The average Bonchev–Trinajstić information content (AvgIpc) is 2.74. The van der Waals surface area contributed by atoms with Gasteiger partial charge in [-0.05, 0) is 23.6 Å². The van der Waals surface area contributed by atoms with Gasteiger partial charge in [0.2, 0.25) is 0 Å². The van der Waals surface area contributed by atoms with Crippen molar-refractivity contribution < 1.29 is 23.5 Å². The fourth-order valence-corrected chi connectivity index (χ4v) is 2.46. The summed E-state index contributed by atoms with van der Waals surface area (Å²) in [5.41, 5.74) is 5.34. The number of para-hydroxylation sites is 1. The monoisotopic (exact) mass is 416 g/mol. The number of hydrogen-bond acceptors (Lipinski definition) is 4. The van der Waals surface area contributed by atoms with Crippen molar-refractivity contribution in [1.82, 2.24) is 21.5 Å². The number of rotatable bonds is 8. The van der Waals surface area contributed by atoms with Crippen LogP contribution in [0, 0.1) is 11.7 Å². The van der Waals surface area contributed by atoms with E-state index in [-0.39, 0.29) is 11.7 Å². The van der Waals surface area contributed by atoms with E-state index in [0.717, 1.165) is 5.56 Å². The molecule has 2 aromatic carbocycles. The first-order valence-electron chi connectivity index (χ1n) is 9.41. The number of halogens is 1. The number of hydrogen-bond donors (Lipinski definition) is 4. The number of carbonyl (C=O) groups is 3. The zero-order valence-electron chi connectivity index (χ0n) is 16.8. The molecule has 0 radical (unpaired) electrons. The number of carbonyl (C=O) groups excluding carboxylic acids is 3. The minimum absolute atomic E-state index is 0.0733. The maximum Gasteiger partial charge on any atom is 0.315 e. The van der Waals surface area contributed by atoms with E-state index in [2.05, 4.69) is 21.5 Å². The second kappa shape index (κ2) is 11.4. The van der Waals surface area contributed by atoms with Gasteiger partial charge in [-0.1, -0.05) is 56.3 Å². The fraction of sp³-hybridized carbons (Fsp3) is 0.286. The molecule has 4 N–H and O–H groups in total. The third kappa shape index (κ3) is 7.42. The molecule has 1 atom stereocenters. The van der Waals surface area contributed by atoms with Crippen LogP contribution in [0.2, 0.25) is 0 Å². The van der Waals surface area contributed by atoms with Crippen molar-refractivity contribution in [3.63, 3.8) is 0 Å². The van der Waals surface area contributed by atoms with Crippen LogP contribution in [-0.4, -0.2) is 30.5 Å². The van der Waals surface area contributed by atoms with Crippen molar-refractivity contribution in [2.75, 3.05) is 6.61 Å². The summed E-state index contributed by atoms with van der Waals surface area (Å²) in [6.07, 6.45) is 0. The van der Waals surface area contributed by atoms with Gasteiger partial charge in [0.15, 0.2) is 18.2 Å². The predicted molar refractivity (Wildman–Crippen MR) is 109 cm³/mol. The van der Waals surface area contributed by atoms with Crippen LogP contribution in [0.15, 0.2) is 54.6 Å². The first-order chi connectivity index (χ1) is 14.4. The summed E-state index contributed by atoms with van der Waals surface area (Å²) in [6, 6.07) is 13.6. The standard InChI is InChI=1S/C21H25FN4O4/c1-14(2)19(24-21(29)23-12-15-8-4-3-5-9-15)20(28)26-25-18(27)13-30-17-11-7-6-10-16(17)22/h3-11,14,19H,12-13H2,1-2H3,(H,25,27)(H,26,28)(H2,23,24,29). The van der Waals surface area contributed by atoms with Crippen LogP contribution in [0.1, 0.15) is 19.4 Å². The van der Waals surface area contributed by atoms with Crippen LogP contribution in [0.3, 0.4) is 0 Å². The maximum absolute atomic E-state index is 13.5. The van der Waals surface area contributed by atoms with E-state index >= 15 is 0 Å². The van der Waals surface area contributed by atoms with E-state index in [1.165, 1.54) is 18.2 Å². The van der Waals surface area contributed by atoms with Gasteiger partial charge in [0.05, 0.1) is 0 Å². The molecule has 1 unspecified atom stereocenters. The Morgan fingerprint density at radius 1 is 0.967 bits per heavy atom. The van der Waals surface area contributed by atoms with E-state index in [0.29, 0.717) is 6.54 Å². The van der Waals surface area contributed by atoms with Gasteiger partial charge >= 0.3 is 6.03 Å². The second-order valence-corrected chi connectivity index (χ2v) is 6.79. The zero-order valence-corrected chi connectivity index (χ0v) is 16.8. The second-order valence-electron chi connectivity index (χ2n) is 6.79. The minimum atomic E-state index is -0.881. The molecule has 0 aliphatic carbocycles. The van der Waals surface area contributed by atoms with Gasteiger partial charge in [0, 0.05) is 6.54 Å². The lowest BCUT2D eigenvalue weighted by Crippen LogP contribution is -2.56. The Labute approximate surface area is 174 Å². The topological polar surface area (TPSA) is 109 Å². The van der Waals surface area contributed by atoms with Crippen LogP contribution < -0.4 is 26.2 Å². The van der Waals surface area contributed by atoms with Crippen LogP contribution in [-0.2, 0) is 16.1 Å². The lowest BCUT2D eigenvalue weighted by atomic mass is 10.0. The number of amides is 4. The summed E-state index contributed by atoms with van der Waals surface area (Å²) >= 11 is 0. The van der Waals surface area contributed by atoms with Crippen LogP contribution in [0.4, 0.5) is 9.18 Å². The Kier molecular flexibility index (Phi) is 8.61. The van der Waals surface area contributed by atoms with E-state index in [4.69, 9.17) is 4.74 Å². The molecule has 0 aromatic heterocycles. The Bertz CT molecular complexity index is 861. The zero-order chi connectivity index (χ0) is 21.9. The minimum Gasteiger partial charge on any atom is -0.481 e. The number of hydrazine groups is 1. The van der Waals surface area contributed by atoms with Crippen LogP contribution in [0.25, 0.3) is 0 Å². The third-order valence-electron chi connectivity index (χ3n) is 4.05. The molecule has 4 amide bonds. The highest BCUT2D eigenvalue weighted by atomic mass is 19.1. The highest BCUT2D eigenvalue weighted by Gasteiger charge is 2.24. The molecule has 0 bridgehead atoms. The van der Waals surface area contributed by atoms with Gasteiger partial charge in [-0.3, -0.25) is 20.4 Å². The SMILES string of the molecule is CC(C)C(NC(=O)NCc1ccccc1)C(=O)NNC(=O)COc1ccccc1F. The van der Waals surface area contributed by atoms with Gasteiger partial charge in [0.25, 0.3) is 11.8 Å². The summed E-state index contributed by atoms with van der Waals surface area (Å²) in [5, 5.41) is 5.26. The van der Waals surface area contributed by atoms with Crippen LogP contribution >= 0.6 is 0 Å². The van der Waals surface area contributed by atoms with Gasteiger partial charge in [0.1, 0.15) is 6.04 Å². The molecule has 0 saturated carbocycles. The van der Waals surface area contributed by atoms with Gasteiger partial charge < -0.3 is 15.4 Å². The molecule has 9 heteroatoms. The lowest BCUT2D eigenvalue weighted by molar-refractivity contribution is -0.131. The number of urea groups is 1. The molecule has 0 heterocycles. The van der Waals surface area contributed by atoms with Gasteiger partial charge in [-0.25, -0.2) is 9.18 Å². The molecule has 160 valence electrons. The van der Waals surface area contributed by atoms with Crippen molar-refractivity contribution in [2.24, 2.45) is 5.92 Å². The predicted octanol–water partition coefficient (Wildman–Crippen LogP) is 1.88. The number of nitrogens with one attached hydrogen (secondary N) is 4. The first kappa shape index (κ1) is 22.7. The Morgan fingerprint density at radius 2 is 1.63 bits per heavy atom. The summed E-state index contributed by atoms with van der Waals surface area (Å²) in [4.78, 5) is 36.3. The summed E-state index contributed by atoms with van der Waals surface area (Å²) < 4.78 is 18.5. The quantitative estimate of drug-likeness (QED) is 0.493. The van der Waals surface area contributed by atoms with Crippen molar-refractivity contribution >= 4 is 17.8 Å². The van der Waals surface area contributed by atoms with Crippen molar-refractivity contribution in [3.05, 3.63) is 66.0 Å². The fourth-order valence-electron chi connectivity index (χ4n) is 2.46. The number of benzene rings is 2. The molecule has 8 nitrogen and oxygen atoms in total. The smallest absolute Gasteiger partial charge is 0.315 e. The van der Waals surface area contributed by atoms with Gasteiger partial charge in [-0.15, -0.1) is 0 Å².